The van der Waals surface area contributed by atoms with Crippen molar-refractivity contribution < 1.29 is 4.74 Å². The number of thioether (sulfide) groups is 1. The summed E-state index contributed by atoms with van der Waals surface area (Å²) in [5, 5.41) is 0.408. The largest absolute Gasteiger partial charge is 0.493 e. The zero-order valence-corrected chi connectivity index (χ0v) is 7.87. The lowest BCUT2D eigenvalue weighted by molar-refractivity contribution is 0.412. The molecule has 0 N–H and O–H groups in total. The third-order valence-corrected chi connectivity index (χ3v) is 2.22. The third kappa shape index (κ3) is 2.01. The van der Waals surface area contributed by atoms with Crippen LogP contribution in [-0.2, 0) is 0 Å². The third-order valence-electron chi connectivity index (χ3n) is 1.24. The Morgan fingerprint density at radius 2 is 2.36 bits per heavy atom. The fourth-order valence-corrected chi connectivity index (χ4v) is 1.23. The quantitative estimate of drug-likeness (QED) is 0.527. The van der Waals surface area contributed by atoms with E-state index in [4.69, 9.17) is 16.3 Å². The molecule has 0 atom stereocenters. The van der Waals surface area contributed by atoms with Crippen LogP contribution < -0.4 is 4.74 Å². The van der Waals surface area contributed by atoms with E-state index in [0.717, 1.165) is 4.90 Å². The van der Waals surface area contributed by atoms with Gasteiger partial charge < -0.3 is 4.74 Å². The van der Waals surface area contributed by atoms with Crippen molar-refractivity contribution in [2.75, 3.05) is 13.4 Å². The van der Waals surface area contributed by atoms with Gasteiger partial charge in [-0.15, -0.1) is 11.8 Å². The molecule has 60 valence electrons. The first-order valence-corrected chi connectivity index (χ1v) is 4.61. The number of rotatable bonds is 2. The highest BCUT2D eigenvalue weighted by atomic mass is 35.5. The second kappa shape index (κ2) is 3.83. The molecule has 0 spiro atoms. The van der Waals surface area contributed by atoms with E-state index in [0.29, 0.717) is 10.9 Å². The van der Waals surface area contributed by atoms with Gasteiger partial charge in [0.05, 0.1) is 7.11 Å². The number of ether oxygens (including phenoxy) is 1. The van der Waals surface area contributed by atoms with Gasteiger partial charge in [-0.1, -0.05) is 11.6 Å². The van der Waals surface area contributed by atoms with Gasteiger partial charge in [-0.3, -0.25) is 0 Å². The maximum absolute atomic E-state index is 5.71. The van der Waals surface area contributed by atoms with Gasteiger partial charge in [0.1, 0.15) is 0 Å². The maximum Gasteiger partial charge on any atom is 0.171 e. The van der Waals surface area contributed by atoms with E-state index < -0.39 is 0 Å². The summed E-state index contributed by atoms with van der Waals surface area (Å²) < 4.78 is 4.98. The minimum Gasteiger partial charge on any atom is -0.493 e. The highest BCUT2D eigenvalue weighted by molar-refractivity contribution is 7.98. The zero-order chi connectivity index (χ0) is 8.27. The summed E-state index contributed by atoms with van der Waals surface area (Å²) in [4.78, 5) is 4.99. The molecule has 11 heavy (non-hydrogen) atoms. The van der Waals surface area contributed by atoms with E-state index in [2.05, 4.69) is 4.98 Å². The second-order valence-electron chi connectivity index (χ2n) is 1.87. The molecule has 1 rings (SSSR count). The predicted octanol–water partition coefficient (Wildman–Crippen LogP) is 2.47. The number of hydrogen-bond acceptors (Lipinski definition) is 3. The smallest absolute Gasteiger partial charge is 0.171 e. The van der Waals surface area contributed by atoms with Crippen molar-refractivity contribution in [3.05, 3.63) is 17.4 Å². The van der Waals surface area contributed by atoms with Crippen molar-refractivity contribution in [2.45, 2.75) is 4.90 Å². The zero-order valence-electron chi connectivity index (χ0n) is 6.30. The van der Waals surface area contributed by atoms with Crippen molar-refractivity contribution >= 4 is 23.4 Å². The summed E-state index contributed by atoms with van der Waals surface area (Å²) in [5.41, 5.74) is 0. The lowest BCUT2D eigenvalue weighted by atomic mass is 10.5. The van der Waals surface area contributed by atoms with Crippen molar-refractivity contribution in [3.63, 3.8) is 0 Å². The molecule has 0 saturated heterocycles. The van der Waals surface area contributed by atoms with Crippen LogP contribution in [0, 0.1) is 0 Å². The topological polar surface area (TPSA) is 22.1 Å². The molecule has 1 heterocycles. The Morgan fingerprint density at radius 1 is 1.64 bits per heavy atom. The average Bonchev–Trinajstić information content (AvgIpc) is 2.05. The van der Waals surface area contributed by atoms with Crippen LogP contribution in [0.2, 0.25) is 5.15 Å². The summed E-state index contributed by atoms with van der Waals surface area (Å²) in [6, 6.07) is 1.86. The van der Waals surface area contributed by atoms with Crippen LogP contribution in [0.25, 0.3) is 0 Å². The number of pyridine rings is 1. The van der Waals surface area contributed by atoms with E-state index in [-0.39, 0.29) is 0 Å². The molecule has 1 aromatic heterocycles. The first-order valence-electron chi connectivity index (χ1n) is 3.01. The normalized spacial score (nSPS) is 9.73. The lowest BCUT2D eigenvalue weighted by Gasteiger charge is -2.02. The minimum atomic E-state index is 0.408. The minimum absolute atomic E-state index is 0.408. The Morgan fingerprint density at radius 3 is 2.91 bits per heavy atom. The molecule has 0 saturated carbocycles. The highest BCUT2D eigenvalue weighted by Crippen LogP contribution is 2.25. The first kappa shape index (κ1) is 8.68. The van der Waals surface area contributed by atoms with Crippen LogP contribution in [0.3, 0.4) is 0 Å². The summed E-state index contributed by atoms with van der Waals surface area (Å²) in [6.07, 6.45) is 3.69. The van der Waals surface area contributed by atoms with Gasteiger partial charge in [0.2, 0.25) is 0 Å². The highest BCUT2D eigenvalue weighted by Gasteiger charge is 2.01. The van der Waals surface area contributed by atoms with Gasteiger partial charge in [0.25, 0.3) is 0 Å². The summed E-state index contributed by atoms with van der Waals surface area (Å²) in [7, 11) is 1.58. The predicted molar refractivity (Wildman–Crippen MR) is 47.6 cm³/mol. The first-order chi connectivity index (χ1) is 5.27. The van der Waals surface area contributed by atoms with E-state index in [1.54, 1.807) is 25.1 Å². The lowest BCUT2D eigenvalue weighted by Crippen LogP contribution is -1.86. The van der Waals surface area contributed by atoms with E-state index in [9.17, 15) is 0 Å². The van der Waals surface area contributed by atoms with Crippen molar-refractivity contribution in [2.24, 2.45) is 0 Å². The SMILES string of the molecule is COc1cc(SC)cnc1Cl. The van der Waals surface area contributed by atoms with Gasteiger partial charge >= 0.3 is 0 Å². The number of hydrogen-bond donors (Lipinski definition) is 0. The standard InChI is InChI=1S/C7H8ClNOS/c1-10-6-3-5(11-2)4-9-7(6)8/h3-4H,1-2H3. The van der Waals surface area contributed by atoms with Crippen LogP contribution >= 0.6 is 23.4 Å². The van der Waals surface area contributed by atoms with Crippen LogP contribution in [-0.4, -0.2) is 18.3 Å². The molecule has 4 heteroatoms. The summed E-state index contributed by atoms with van der Waals surface area (Å²) in [6.45, 7) is 0. The number of nitrogens with zero attached hydrogens (tertiary/aromatic N) is 1. The molecule has 0 fully saturated rings. The maximum atomic E-state index is 5.71. The fourth-order valence-electron chi connectivity index (χ4n) is 0.665. The molecule has 0 aliphatic rings. The Hall–Kier alpha value is -0.410. The van der Waals surface area contributed by atoms with Crippen molar-refractivity contribution in [3.8, 4) is 5.75 Å². The van der Waals surface area contributed by atoms with Crippen LogP contribution in [0.15, 0.2) is 17.2 Å². The van der Waals surface area contributed by atoms with E-state index in [1.165, 1.54) is 0 Å². The van der Waals surface area contributed by atoms with Gasteiger partial charge in [0, 0.05) is 11.1 Å². The van der Waals surface area contributed by atoms with Crippen molar-refractivity contribution in [1.82, 2.24) is 4.98 Å². The number of aromatic nitrogens is 1. The van der Waals surface area contributed by atoms with Crippen molar-refractivity contribution in [1.29, 1.82) is 0 Å². The van der Waals surface area contributed by atoms with Gasteiger partial charge in [-0.25, -0.2) is 4.98 Å². The molecule has 1 aromatic rings. The average molecular weight is 190 g/mol. The summed E-state index contributed by atoms with van der Waals surface area (Å²) in [5.74, 6) is 0.624. The number of halogens is 1. The molecule has 0 bridgehead atoms. The Bertz CT molecular complexity index is 254. The Kier molecular flexibility index (Phi) is 3.02. The Labute approximate surface area is 74.9 Å². The van der Waals surface area contributed by atoms with Crippen LogP contribution in [0.1, 0.15) is 0 Å². The van der Waals surface area contributed by atoms with Gasteiger partial charge in [0.15, 0.2) is 10.9 Å². The molecule has 0 aromatic carbocycles. The molecule has 0 aliphatic carbocycles. The van der Waals surface area contributed by atoms with E-state index in [1.807, 2.05) is 12.3 Å². The van der Waals surface area contributed by atoms with Crippen LogP contribution in [0.4, 0.5) is 0 Å². The van der Waals surface area contributed by atoms with Crippen LogP contribution in [0.5, 0.6) is 5.75 Å². The Balaban J connectivity index is 3.02. The summed E-state index contributed by atoms with van der Waals surface area (Å²) >= 11 is 7.31. The monoisotopic (exact) mass is 189 g/mol. The van der Waals surface area contributed by atoms with E-state index >= 15 is 0 Å². The molecule has 0 unspecified atom stereocenters. The molecule has 0 radical (unpaired) electrons. The second-order valence-corrected chi connectivity index (χ2v) is 3.11. The van der Waals surface area contributed by atoms with Gasteiger partial charge in [-0.2, -0.15) is 0 Å². The molecule has 0 amide bonds. The molecule has 0 aliphatic heterocycles. The van der Waals surface area contributed by atoms with Gasteiger partial charge in [-0.05, 0) is 12.3 Å². The molecular formula is C7H8ClNOS. The fraction of sp³-hybridized carbons (Fsp3) is 0.286. The molecular weight excluding hydrogens is 182 g/mol. The molecule has 2 nitrogen and oxygen atoms in total. The number of methoxy groups -OCH3 is 1.